The quantitative estimate of drug-likeness (QED) is 0.931. The maximum Gasteiger partial charge on any atom is 0.242 e. The van der Waals surface area contributed by atoms with Crippen molar-refractivity contribution in [3.05, 3.63) is 71.8 Å². The molecule has 0 aromatic heterocycles. The number of aromatic hydroxyl groups is 1. The van der Waals surface area contributed by atoms with Crippen LogP contribution in [0.2, 0.25) is 0 Å². The maximum absolute atomic E-state index is 12.2. The van der Waals surface area contributed by atoms with E-state index in [0.29, 0.717) is 18.4 Å². The van der Waals surface area contributed by atoms with Crippen molar-refractivity contribution in [2.45, 2.75) is 25.8 Å². The van der Waals surface area contributed by atoms with E-state index in [4.69, 9.17) is 0 Å². The molecule has 1 aliphatic rings. The topological polar surface area (TPSA) is 52.9 Å². The molecule has 1 heterocycles. The molecular formula is C20H20N2O2. The molecule has 2 aromatic carbocycles. The molecule has 0 saturated carbocycles. The van der Waals surface area contributed by atoms with E-state index in [2.05, 4.69) is 5.10 Å². The third-order valence-electron chi connectivity index (χ3n) is 4.03. The molecule has 1 aliphatic heterocycles. The second-order valence-electron chi connectivity index (χ2n) is 5.70. The fourth-order valence-electron chi connectivity index (χ4n) is 2.75. The SMILES string of the molecule is CCC(=O)N1N=C(c2ccccc2O)C[C@H]1/C=C/c1ccccc1. The van der Waals surface area contributed by atoms with Gasteiger partial charge in [-0.2, -0.15) is 5.10 Å². The van der Waals surface area contributed by atoms with Gasteiger partial charge in [0.1, 0.15) is 5.75 Å². The molecule has 122 valence electrons. The third-order valence-corrected chi connectivity index (χ3v) is 4.03. The Balaban J connectivity index is 1.86. The van der Waals surface area contributed by atoms with Gasteiger partial charge in [0.2, 0.25) is 5.91 Å². The molecule has 0 spiro atoms. The molecule has 0 fully saturated rings. The van der Waals surface area contributed by atoms with E-state index in [1.807, 2.05) is 61.5 Å². The summed E-state index contributed by atoms with van der Waals surface area (Å²) in [4.78, 5) is 12.2. The summed E-state index contributed by atoms with van der Waals surface area (Å²) >= 11 is 0. The molecule has 3 rings (SSSR count). The van der Waals surface area contributed by atoms with Crippen molar-refractivity contribution in [3.63, 3.8) is 0 Å². The fourth-order valence-corrected chi connectivity index (χ4v) is 2.75. The third kappa shape index (κ3) is 3.38. The van der Waals surface area contributed by atoms with Crippen molar-refractivity contribution >= 4 is 17.7 Å². The number of rotatable bonds is 4. The molecule has 4 heteroatoms. The number of para-hydroxylation sites is 1. The van der Waals surface area contributed by atoms with Gasteiger partial charge in [-0.1, -0.05) is 61.5 Å². The van der Waals surface area contributed by atoms with Crippen LogP contribution in [0.25, 0.3) is 6.08 Å². The number of amides is 1. The molecule has 0 unspecified atom stereocenters. The number of phenolic OH excluding ortho intramolecular Hbond substituents is 1. The Hall–Kier alpha value is -2.88. The molecule has 0 radical (unpaired) electrons. The minimum atomic E-state index is -0.132. The summed E-state index contributed by atoms with van der Waals surface area (Å²) in [7, 11) is 0. The molecule has 4 nitrogen and oxygen atoms in total. The van der Waals surface area contributed by atoms with Crippen LogP contribution in [0.4, 0.5) is 0 Å². The summed E-state index contributed by atoms with van der Waals surface area (Å²) in [6.07, 6.45) is 4.99. The van der Waals surface area contributed by atoms with Crippen molar-refractivity contribution in [2.75, 3.05) is 0 Å². The highest BCUT2D eigenvalue weighted by Crippen LogP contribution is 2.27. The predicted molar refractivity (Wildman–Crippen MR) is 95.7 cm³/mol. The summed E-state index contributed by atoms with van der Waals surface area (Å²) in [6, 6.07) is 16.9. The van der Waals surface area contributed by atoms with Crippen LogP contribution in [0.3, 0.4) is 0 Å². The first-order valence-corrected chi connectivity index (χ1v) is 8.10. The average molecular weight is 320 g/mol. The van der Waals surface area contributed by atoms with Gasteiger partial charge < -0.3 is 5.11 Å². The van der Waals surface area contributed by atoms with Crippen LogP contribution < -0.4 is 0 Å². The highest BCUT2D eigenvalue weighted by atomic mass is 16.3. The molecule has 24 heavy (non-hydrogen) atoms. The summed E-state index contributed by atoms with van der Waals surface area (Å²) < 4.78 is 0. The van der Waals surface area contributed by atoms with Crippen LogP contribution in [-0.4, -0.2) is 27.8 Å². The first kappa shape index (κ1) is 16.0. The van der Waals surface area contributed by atoms with Gasteiger partial charge in [0.15, 0.2) is 0 Å². The monoisotopic (exact) mass is 320 g/mol. The molecule has 0 saturated heterocycles. The van der Waals surface area contributed by atoms with Gasteiger partial charge in [0, 0.05) is 18.4 Å². The van der Waals surface area contributed by atoms with E-state index >= 15 is 0 Å². The summed E-state index contributed by atoms with van der Waals surface area (Å²) in [5, 5.41) is 16.0. The van der Waals surface area contributed by atoms with Gasteiger partial charge in [-0.05, 0) is 17.7 Å². The van der Waals surface area contributed by atoms with Crippen LogP contribution in [0.5, 0.6) is 5.75 Å². The minimum absolute atomic E-state index is 0.0249. The molecule has 1 amide bonds. The largest absolute Gasteiger partial charge is 0.507 e. The van der Waals surface area contributed by atoms with Gasteiger partial charge in [-0.15, -0.1) is 0 Å². The van der Waals surface area contributed by atoms with Crippen molar-refractivity contribution in [3.8, 4) is 5.75 Å². The van der Waals surface area contributed by atoms with E-state index in [1.165, 1.54) is 5.01 Å². The van der Waals surface area contributed by atoms with E-state index in [0.717, 1.165) is 11.3 Å². The predicted octanol–water partition coefficient (Wildman–Crippen LogP) is 3.82. The van der Waals surface area contributed by atoms with Crippen LogP contribution in [0.1, 0.15) is 30.9 Å². The van der Waals surface area contributed by atoms with Crippen molar-refractivity contribution in [1.29, 1.82) is 0 Å². The number of nitrogens with zero attached hydrogens (tertiary/aromatic N) is 2. The average Bonchev–Trinajstić information content (AvgIpc) is 3.04. The Morgan fingerprint density at radius 3 is 2.62 bits per heavy atom. The minimum Gasteiger partial charge on any atom is -0.507 e. The maximum atomic E-state index is 12.2. The number of hydrazone groups is 1. The lowest BCUT2D eigenvalue weighted by Gasteiger charge is -2.17. The van der Waals surface area contributed by atoms with Crippen molar-refractivity contribution in [1.82, 2.24) is 5.01 Å². The zero-order chi connectivity index (χ0) is 16.9. The first-order chi connectivity index (χ1) is 11.7. The Labute approximate surface area is 141 Å². The Morgan fingerprint density at radius 1 is 1.21 bits per heavy atom. The lowest BCUT2D eigenvalue weighted by Crippen LogP contribution is -2.30. The van der Waals surface area contributed by atoms with Gasteiger partial charge in [-0.3, -0.25) is 4.79 Å². The van der Waals surface area contributed by atoms with Crippen LogP contribution >= 0.6 is 0 Å². The van der Waals surface area contributed by atoms with E-state index in [-0.39, 0.29) is 17.7 Å². The molecule has 0 aliphatic carbocycles. The Kier molecular flexibility index (Phi) is 4.75. The van der Waals surface area contributed by atoms with Crippen molar-refractivity contribution < 1.29 is 9.90 Å². The normalized spacial score (nSPS) is 17.3. The second kappa shape index (κ2) is 7.13. The smallest absolute Gasteiger partial charge is 0.242 e. The summed E-state index contributed by atoms with van der Waals surface area (Å²) in [5.74, 6) is 0.163. The number of hydrogen-bond donors (Lipinski definition) is 1. The van der Waals surface area contributed by atoms with Gasteiger partial charge >= 0.3 is 0 Å². The van der Waals surface area contributed by atoms with Crippen LogP contribution in [-0.2, 0) is 4.79 Å². The number of benzene rings is 2. The molecule has 0 bridgehead atoms. The van der Waals surface area contributed by atoms with Gasteiger partial charge in [0.25, 0.3) is 0 Å². The molecule has 2 aromatic rings. The second-order valence-corrected chi connectivity index (χ2v) is 5.70. The van der Waals surface area contributed by atoms with E-state index in [1.54, 1.807) is 12.1 Å². The van der Waals surface area contributed by atoms with Crippen LogP contribution in [0.15, 0.2) is 65.8 Å². The number of carbonyl (C=O) groups excluding carboxylic acids is 1. The van der Waals surface area contributed by atoms with Gasteiger partial charge in [0.05, 0.1) is 11.8 Å². The number of carbonyl (C=O) groups is 1. The zero-order valence-corrected chi connectivity index (χ0v) is 13.6. The lowest BCUT2D eigenvalue weighted by molar-refractivity contribution is -0.131. The molecule has 1 atom stereocenters. The highest BCUT2D eigenvalue weighted by Gasteiger charge is 2.30. The van der Waals surface area contributed by atoms with Gasteiger partial charge in [-0.25, -0.2) is 5.01 Å². The highest BCUT2D eigenvalue weighted by molar-refractivity contribution is 6.05. The number of phenols is 1. The number of hydrogen-bond acceptors (Lipinski definition) is 3. The van der Waals surface area contributed by atoms with E-state index < -0.39 is 0 Å². The Bertz CT molecular complexity index is 781. The van der Waals surface area contributed by atoms with E-state index in [9.17, 15) is 9.90 Å². The standard InChI is InChI=1S/C20H20N2O2/c1-2-20(24)22-16(13-12-15-8-4-3-5-9-15)14-18(21-22)17-10-6-7-11-19(17)23/h3-13,16,23H,2,14H2,1H3/b13-12+/t16-/m1/s1. The van der Waals surface area contributed by atoms with Crippen LogP contribution in [0, 0.1) is 0 Å². The fraction of sp³-hybridized carbons (Fsp3) is 0.200. The Morgan fingerprint density at radius 2 is 1.92 bits per heavy atom. The lowest BCUT2D eigenvalue weighted by atomic mass is 10.0. The van der Waals surface area contributed by atoms with Crippen molar-refractivity contribution in [2.24, 2.45) is 5.10 Å². The molecule has 1 N–H and O–H groups in total. The summed E-state index contributed by atoms with van der Waals surface area (Å²) in [5.41, 5.74) is 2.50. The molecular weight excluding hydrogens is 300 g/mol. The first-order valence-electron chi connectivity index (χ1n) is 8.10. The summed E-state index contributed by atoms with van der Waals surface area (Å²) in [6.45, 7) is 1.83. The zero-order valence-electron chi connectivity index (χ0n) is 13.6.